The molecule has 0 fully saturated rings. The van der Waals surface area contributed by atoms with Gasteiger partial charge in [-0.1, -0.05) is 13.8 Å². The quantitative estimate of drug-likeness (QED) is 0.393. The van der Waals surface area contributed by atoms with E-state index in [0.29, 0.717) is 24.5 Å². The zero-order valence-electron chi connectivity index (χ0n) is 13.9. The van der Waals surface area contributed by atoms with Gasteiger partial charge in [-0.15, -0.1) is 0 Å². The lowest BCUT2D eigenvalue weighted by Crippen LogP contribution is -2.30. The van der Waals surface area contributed by atoms with Crippen LogP contribution in [0.5, 0.6) is 11.5 Å². The SMILES string of the molecule is CCN(CC)S(=O)(=O)c1ccc(N/N=C/c2ccc(O)c(O)c2)nc1. The van der Waals surface area contributed by atoms with Crippen molar-refractivity contribution in [1.29, 1.82) is 0 Å². The van der Waals surface area contributed by atoms with E-state index in [2.05, 4.69) is 15.5 Å². The molecule has 0 spiro atoms. The Morgan fingerprint density at radius 2 is 1.88 bits per heavy atom. The number of aromatic nitrogens is 1. The fourth-order valence-electron chi connectivity index (χ4n) is 2.11. The lowest BCUT2D eigenvalue weighted by molar-refractivity contribution is 0.403. The van der Waals surface area contributed by atoms with Gasteiger partial charge in [0.2, 0.25) is 10.0 Å². The van der Waals surface area contributed by atoms with Gasteiger partial charge < -0.3 is 10.2 Å². The van der Waals surface area contributed by atoms with Crippen molar-refractivity contribution in [2.24, 2.45) is 5.10 Å². The van der Waals surface area contributed by atoms with Gasteiger partial charge in [-0.2, -0.15) is 9.41 Å². The number of sulfonamides is 1. The number of phenols is 2. The van der Waals surface area contributed by atoms with Gasteiger partial charge in [-0.3, -0.25) is 5.43 Å². The first-order chi connectivity index (χ1) is 11.9. The van der Waals surface area contributed by atoms with Gasteiger partial charge in [0.25, 0.3) is 0 Å². The van der Waals surface area contributed by atoms with E-state index in [1.807, 2.05) is 0 Å². The summed E-state index contributed by atoms with van der Waals surface area (Å²) in [5.74, 6) is -0.0810. The molecule has 0 aliphatic rings. The summed E-state index contributed by atoms with van der Waals surface area (Å²) in [4.78, 5) is 4.16. The number of hydrogen-bond donors (Lipinski definition) is 3. The fraction of sp³-hybridized carbons (Fsp3) is 0.250. The summed E-state index contributed by atoms with van der Waals surface area (Å²) in [6.45, 7) is 4.34. The van der Waals surface area contributed by atoms with E-state index < -0.39 is 10.0 Å². The second-order valence-electron chi connectivity index (χ2n) is 5.09. The average Bonchev–Trinajstić information content (AvgIpc) is 2.59. The maximum absolute atomic E-state index is 12.4. The van der Waals surface area contributed by atoms with Gasteiger partial charge >= 0.3 is 0 Å². The monoisotopic (exact) mass is 364 g/mol. The van der Waals surface area contributed by atoms with Crippen LogP contribution in [0.15, 0.2) is 46.5 Å². The van der Waals surface area contributed by atoms with E-state index in [1.54, 1.807) is 19.9 Å². The molecular formula is C16H20N4O4S. The topological polar surface area (TPSA) is 115 Å². The largest absolute Gasteiger partial charge is 0.504 e. The third-order valence-electron chi connectivity index (χ3n) is 3.47. The van der Waals surface area contributed by atoms with Crippen molar-refractivity contribution in [2.45, 2.75) is 18.7 Å². The van der Waals surface area contributed by atoms with Crippen LogP contribution in [0.1, 0.15) is 19.4 Å². The number of benzene rings is 1. The Balaban J connectivity index is 2.07. The number of pyridine rings is 1. The van der Waals surface area contributed by atoms with Crippen molar-refractivity contribution in [2.75, 3.05) is 18.5 Å². The van der Waals surface area contributed by atoms with Crippen LogP contribution in [0.3, 0.4) is 0 Å². The van der Waals surface area contributed by atoms with Crippen LogP contribution in [0.4, 0.5) is 5.82 Å². The number of nitrogens with one attached hydrogen (secondary N) is 1. The average molecular weight is 364 g/mol. The van der Waals surface area contributed by atoms with Gasteiger partial charge in [0.1, 0.15) is 10.7 Å². The van der Waals surface area contributed by atoms with Crippen molar-refractivity contribution in [3.8, 4) is 11.5 Å². The molecule has 0 aliphatic heterocycles. The second-order valence-corrected chi connectivity index (χ2v) is 7.02. The summed E-state index contributed by atoms with van der Waals surface area (Å²) >= 11 is 0. The van der Waals surface area contributed by atoms with Gasteiger partial charge in [-0.05, 0) is 35.9 Å². The molecule has 0 amide bonds. The van der Waals surface area contributed by atoms with E-state index in [9.17, 15) is 18.6 Å². The maximum Gasteiger partial charge on any atom is 0.244 e. The van der Waals surface area contributed by atoms with E-state index in [-0.39, 0.29) is 16.4 Å². The molecule has 0 saturated carbocycles. The molecule has 0 bridgehead atoms. The standard InChI is InChI=1S/C16H20N4O4S/c1-3-20(4-2)25(23,24)13-6-8-16(17-11-13)19-18-10-12-5-7-14(21)15(22)9-12/h5-11,21-22H,3-4H2,1-2H3,(H,17,19)/b18-10+. The first-order valence-corrected chi connectivity index (χ1v) is 9.09. The first-order valence-electron chi connectivity index (χ1n) is 7.65. The highest BCUT2D eigenvalue weighted by Crippen LogP contribution is 2.24. The fourth-order valence-corrected chi connectivity index (χ4v) is 3.51. The number of hydrogen-bond acceptors (Lipinski definition) is 7. The molecule has 1 aromatic heterocycles. The van der Waals surface area contributed by atoms with E-state index >= 15 is 0 Å². The molecule has 0 atom stereocenters. The molecule has 9 heteroatoms. The molecule has 2 rings (SSSR count). The Morgan fingerprint density at radius 1 is 1.16 bits per heavy atom. The number of phenolic OH excluding ortho intramolecular Hbond substituents is 2. The minimum absolute atomic E-state index is 0.120. The molecule has 8 nitrogen and oxygen atoms in total. The second kappa shape index (κ2) is 7.95. The van der Waals surface area contributed by atoms with Gasteiger partial charge in [0, 0.05) is 19.3 Å². The Morgan fingerprint density at radius 3 is 2.44 bits per heavy atom. The molecule has 134 valence electrons. The minimum atomic E-state index is -3.54. The third kappa shape index (κ3) is 4.46. The van der Waals surface area contributed by atoms with Crippen LogP contribution >= 0.6 is 0 Å². The smallest absolute Gasteiger partial charge is 0.244 e. The molecule has 0 radical (unpaired) electrons. The summed E-state index contributed by atoms with van der Waals surface area (Å²) in [6.07, 6.45) is 2.71. The normalized spacial score (nSPS) is 12.0. The van der Waals surface area contributed by atoms with Crippen molar-refractivity contribution in [3.63, 3.8) is 0 Å². The molecule has 0 unspecified atom stereocenters. The van der Waals surface area contributed by atoms with Crippen molar-refractivity contribution >= 4 is 22.1 Å². The molecule has 1 aromatic carbocycles. The first kappa shape index (κ1) is 18.7. The summed E-state index contributed by atoms with van der Waals surface area (Å²) < 4.78 is 26.1. The highest BCUT2D eigenvalue weighted by atomic mass is 32.2. The third-order valence-corrected chi connectivity index (χ3v) is 5.51. The molecule has 0 saturated heterocycles. The molecule has 1 heterocycles. The van der Waals surface area contributed by atoms with Gasteiger partial charge in [-0.25, -0.2) is 13.4 Å². The Labute approximate surface area is 146 Å². The molecule has 25 heavy (non-hydrogen) atoms. The lowest BCUT2D eigenvalue weighted by atomic mass is 10.2. The Hall–Kier alpha value is -2.65. The van der Waals surface area contributed by atoms with Gasteiger partial charge in [0.05, 0.1) is 6.21 Å². The summed E-state index contributed by atoms with van der Waals surface area (Å²) in [7, 11) is -3.54. The van der Waals surface area contributed by atoms with Crippen molar-refractivity contribution in [3.05, 3.63) is 42.1 Å². The number of nitrogens with zero attached hydrogens (tertiary/aromatic N) is 3. The van der Waals surface area contributed by atoms with Crippen molar-refractivity contribution < 1.29 is 18.6 Å². The Kier molecular flexibility index (Phi) is 5.94. The van der Waals surface area contributed by atoms with Gasteiger partial charge in [0.15, 0.2) is 11.5 Å². The number of rotatable bonds is 7. The van der Waals surface area contributed by atoms with Crippen molar-refractivity contribution in [1.82, 2.24) is 9.29 Å². The highest BCUT2D eigenvalue weighted by Gasteiger charge is 2.21. The zero-order chi connectivity index (χ0) is 18.4. The zero-order valence-corrected chi connectivity index (χ0v) is 14.7. The van der Waals surface area contributed by atoms with Crippen LogP contribution in [0.25, 0.3) is 0 Å². The maximum atomic E-state index is 12.4. The van der Waals surface area contributed by atoms with E-state index in [4.69, 9.17) is 0 Å². The Bertz CT molecular complexity index is 847. The van der Waals surface area contributed by atoms with Crippen LogP contribution in [-0.2, 0) is 10.0 Å². The number of hydrazone groups is 1. The minimum Gasteiger partial charge on any atom is -0.504 e. The number of aromatic hydroxyl groups is 2. The number of anilines is 1. The molecule has 2 aromatic rings. The van der Waals surface area contributed by atoms with Crippen LogP contribution < -0.4 is 5.43 Å². The summed E-state index contributed by atoms with van der Waals surface area (Å²) in [5, 5.41) is 22.6. The predicted octanol–water partition coefficient (Wildman–Crippen LogP) is 1.97. The molecule has 3 N–H and O–H groups in total. The predicted molar refractivity (Wildman–Crippen MR) is 95.3 cm³/mol. The van der Waals surface area contributed by atoms with E-state index in [0.717, 1.165) is 0 Å². The van der Waals surface area contributed by atoms with Crippen LogP contribution in [-0.4, -0.2) is 47.2 Å². The highest BCUT2D eigenvalue weighted by molar-refractivity contribution is 7.89. The van der Waals surface area contributed by atoms with Crippen LogP contribution in [0, 0.1) is 0 Å². The summed E-state index contributed by atoms with van der Waals surface area (Å²) in [5.41, 5.74) is 3.24. The van der Waals surface area contributed by atoms with E-state index in [1.165, 1.54) is 41.0 Å². The summed E-state index contributed by atoms with van der Waals surface area (Å²) in [6, 6.07) is 7.26. The van der Waals surface area contributed by atoms with Crippen LogP contribution in [0.2, 0.25) is 0 Å². The molecular weight excluding hydrogens is 344 g/mol. The molecule has 0 aliphatic carbocycles. The lowest BCUT2D eigenvalue weighted by Gasteiger charge is -2.18.